The maximum absolute atomic E-state index is 13.0. The standard InChI is InChI=1S/C13H13FN2O2/c1-2-9(13(17)18)5-6-16-11-3-4-12(14)10(7-11)8-15/h3-5,7,16H,2,6H2,1H3,(H,17,18)/b9-5-. The lowest BCUT2D eigenvalue weighted by molar-refractivity contribution is -0.132. The lowest BCUT2D eigenvalue weighted by Gasteiger charge is -2.05. The average molecular weight is 248 g/mol. The summed E-state index contributed by atoms with van der Waals surface area (Å²) >= 11 is 0. The predicted octanol–water partition coefficient (Wildman–Crippen LogP) is 2.53. The van der Waals surface area contributed by atoms with E-state index < -0.39 is 11.8 Å². The molecule has 0 saturated carbocycles. The minimum atomic E-state index is -0.948. The molecule has 18 heavy (non-hydrogen) atoms. The van der Waals surface area contributed by atoms with Gasteiger partial charge in [-0.15, -0.1) is 0 Å². The Balaban J connectivity index is 2.70. The SMILES string of the molecule is CC/C(=C/CNc1ccc(F)c(C#N)c1)C(=O)O. The van der Waals surface area contributed by atoms with Crippen LogP contribution in [0.5, 0.6) is 0 Å². The molecule has 1 aromatic rings. The molecule has 94 valence electrons. The third-order valence-corrected chi connectivity index (χ3v) is 2.40. The van der Waals surface area contributed by atoms with Crippen molar-refractivity contribution in [2.75, 3.05) is 11.9 Å². The zero-order chi connectivity index (χ0) is 13.5. The second-order valence-corrected chi connectivity index (χ2v) is 3.58. The maximum atomic E-state index is 13.0. The highest BCUT2D eigenvalue weighted by Crippen LogP contribution is 2.13. The van der Waals surface area contributed by atoms with Gasteiger partial charge in [-0.2, -0.15) is 5.26 Å². The number of aliphatic carboxylic acids is 1. The van der Waals surface area contributed by atoms with Crippen LogP contribution >= 0.6 is 0 Å². The summed E-state index contributed by atoms with van der Waals surface area (Å²) in [7, 11) is 0. The predicted molar refractivity (Wildman–Crippen MR) is 65.6 cm³/mol. The summed E-state index contributed by atoms with van der Waals surface area (Å²) in [5, 5.41) is 20.4. The van der Waals surface area contributed by atoms with Crippen molar-refractivity contribution in [2.45, 2.75) is 13.3 Å². The number of hydrogen-bond donors (Lipinski definition) is 2. The van der Waals surface area contributed by atoms with E-state index in [4.69, 9.17) is 10.4 Å². The first-order valence-electron chi connectivity index (χ1n) is 5.44. The molecule has 0 aliphatic rings. The molecule has 1 aromatic carbocycles. The number of anilines is 1. The molecule has 0 saturated heterocycles. The van der Waals surface area contributed by atoms with Gasteiger partial charge in [0.05, 0.1) is 5.56 Å². The van der Waals surface area contributed by atoms with Crippen molar-refractivity contribution >= 4 is 11.7 Å². The molecule has 0 unspecified atom stereocenters. The number of carbonyl (C=O) groups is 1. The van der Waals surface area contributed by atoms with Crippen molar-refractivity contribution in [3.63, 3.8) is 0 Å². The van der Waals surface area contributed by atoms with E-state index in [1.807, 2.05) is 0 Å². The number of nitrogens with zero attached hydrogens (tertiary/aromatic N) is 1. The first-order chi connectivity index (χ1) is 8.58. The van der Waals surface area contributed by atoms with Gasteiger partial charge in [-0.05, 0) is 24.6 Å². The molecule has 0 amide bonds. The number of rotatable bonds is 5. The van der Waals surface area contributed by atoms with E-state index in [0.29, 0.717) is 24.2 Å². The van der Waals surface area contributed by atoms with Gasteiger partial charge in [-0.1, -0.05) is 13.0 Å². The highest BCUT2D eigenvalue weighted by atomic mass is 19.1. The van der Waals surface area contributed by atoms with Crippen molar-refractivity contribution < 1.29 is 14.3 Å². The van der Waals surface area contributed by atoms with Gasteiger partial charge in [0.2, 0.25) is 0 Å². The van der Waals surface area contributed by atoms with Crippen LogP contribution in [0.4, 0.5) is 10.1 Å². The fourth-order valence-corrected chi connectivity index (χ4v) is 1.40. The normalized spacial score (nSPS) is 10.8. The van der Waals surface area contributed by atoms with E-state index in [2.05, 4.69) is 5.32 Å². The van der Waals surface area contributed by atoms with Crippen LogP contribution in [-0.2, 0) is 4.79 Å². The Morgan fingerprint density at radius 2 is 2.33 bits per heavy atom. The van der Waals surface area contributed by atoms with Gasteiger partial charge in [0.15, 0.2) is 0 Å². The Bertz CT molecular complexity index is 518. The highest BCUT2D eigenvalue weighted by Gasteiger charge is 2.04. The molecule has 0 fully saturated rings. The molecular weight excluding hydrogens is 235 g/mol. The van der Waals surface area contributed by atoms with Gasteiger partial charge in [0, 0.05) is 17.8 Å². The Morgan fingerprint density at radius 3 is 2.89 bits per heavy atom. The van der Waals surface area contributed by atoms with Crippen LogP contribution < -0.4 is 5.32 Å². The number of carboxylic acids is 1. The Kier molecular flexibility index (Phi) is 4.88. The lowest BCUT2D eigenvalue weighted by atomic mass is 10.2. The van der Waals surface area contributed by atoms with E-state index in [1.165, 1.54) is 18.2 Å². The van der Waals surface area contributed by atoms with Gasteiger partial charge < -0.3 is 10.4 Å². The number of benzene rings is 1. The van der Waals surface area contributed by atoms with Crippen molar-refractivity contribution in [2.24, 2.45) is 0 Å². The molecule has 0 radical (unpaired) electrons. The zero-order valence-electron chi connectivity index (χ0n) is 9.90. The number of nitrogens with one attached hydrogen (secondary N) is 1. The second kappa shape index (κ2) is 6.40. The lowest BCUT2D eigenvalue weighted by Crippen LogP contribution is -2.05. The monoisotopic (exact) mass is 248 g/mol. The van der Waals surface area contributed by atoms with Crippen molar-refractivity contribution in [1.29, 1.82) is 5.26 Å². The fourth-order valence-electron chi connectivity index (χ4n) is 1.40. The molecule has 0 spiro atoms. The first kappa shape index (κ1) is 13.7. The molecule has 0 bridgehead atoms. The van der Waals surface area contributed by atoms with Crippen LogP contribution in [0.2, 0.25) is 0 Å². The van der Waals surface area contributed by atoms with Crippen LogP contribution in [0.3, 0.4) is 0 Å². The summed E-state index contributed by atoms with van der Waals surface area (Å²) in [6, 6.07) is 5.82. The minimum Gasteiger partial charge on any atom is -0.478 e. The number of hydrogen-bond acceptors (Lipinski definition) is 3. The largest absolute Gasteiger partial charge is 0.478 e. The molecule has 0 heterocycles. The van der Waals surface area contributed by atoms with E-state index in [-0.39, 0.29) is 5.56 Å². The fraction of sp³-hybridized carbons (Fsp3) is 0.231. The van der Waals surface area contributed by atoms with Gasteiger partial charge in [-0.3, -0.25) is 0 Å². The van der Waals surface area contributed by atoms with Crippen molar-refractivity contribution in [1.82, 2.24) is 0 Å². The van der Waals surface area contributed by atoms with Crippen LogP contribution in [-0.4, -0.2) is 17.6 Å². The van der Waals surface area contributed by atoms with Gasteiger partial charge in [-0.25, -0.2) is 9.18 Å². The molecular formula is C13H13FN2O2. The molecule has 0 aromatic heterocycles. The molecule has 2 N–H and O–H groups in total. The molecule has 5 heteroatoms. The molecule has 0 aliphatic heterocycles. The summed E-state index contributed by atoms with van der Waals surface area (Å²) in [6.07, 6.45) is 1.99. The number of halogens is 1. The Labute approximate surface area is 104 Å². The van der Waals surface area contributed by atoms with Gasteiger partial charge in [0.25, 0.3) is 0 Å². The van der Waals surface area contributed by atoms with E-state index in [1.54, 1.807) is 19.1 Å². The summed E-state index contributed by atoms with van der Waals surface area (Å²) in [6.45, 7) is 2.07. The van der Waals surface area contributed by atoms with E-state index in [9.17, 15) is 9.18 Å². The summed E-state index contributed by atoms with van der Waals surface area (Å²) in [5.74, 6) is -1.52. The topological polar surface area (TPSA) is 73.1 Å². The average Bonchev–Trinajstić information content (AvgIpc) is 2.36. The number of carboxylic acid groups (broad SMARTS) is 1. The maximum Gasteiger partial charge on any atom is 0.331 e. The quantitative estimate of drug-likeness (QED) is 0.785. The molecule has 1 rings (SSSR count). The Morgan fingerprint density at radius 1 is 1.61 bits per heavy atom. The Hall–Kier alpha value is -2.35. The second-order valence-electron chi connectivity index (χ2n) is 3.58. The number of nitriles is 1. The third kappa shape index (κ3) is 3.59. The first-order valence-corrected chi connectivity index (χ1v) is 5.44. The van der Waals surface area contributed by atoms with E-state index >= 15 is 0 Å². The highest BCUT2D eigenvalue weighted by molar-refractivity contribution is 5.86. The smallest absolute Gasteiger partial charge is 0.331 e. The summed E-state index contributed by atoms with van der Waals surface area (Å²) in [5.41, 5.74) is 0.841. The van der Waals surface area contributed by atoms with Crippen LogP contribution in [0.1, 0.15) is 18.9 Å². The minimum absolute atomic E-state index is 0.0436. The van der Waals surface area contributed by atoms with Crippen LogP contribution in [0, 0.1) is 17.1 Å². The summed E-state index contributed by atoms with van der Waals surface area (Å²) < 4.78 is 13.0. The van der Waals surface area contributed by atoms with Gasteiger partial charge >= 0.3 is 5.97 Å². The molecule has 4 nitrogen and oxygen atoms in total. The molecule has 0 aliphatic carbocycles. The van der Waals surface area contributed by atoms with Crippen molar-refractivity contribution in [3.05, 3.63) is 41.2 Å². The summed E-state index contributed by atoms with van der Waals surface area (Å²) in [4.78, 5) is 10.7. The van der Waals surface area contributed by atoms with Crippen molar-refractivity contribution in [3.8, 4) is 6.07 Å². The molecule has 0 atom stereocenters. The van der Waals surface area contributed by atoms with Gasteiger partial charge in [0.1, 0.15) is 11.9 Å². The van der Waals surface area contributed by atoms with Crippen LogP contribution in [0.25, 0.3) is 0 Å². The van der Waals surface area contributed by atoms with E-state index in [0.717, 1.165) is 0 Å². The van der Waals surface area contributed by atoms with Crippen LogP contribution in [0.15, 0.2) is 29.8 Å². The zero-order valence-corrected chi connectivity index (χ0v) is 9.90. The third-order valence-electron chi connectivity index (χ3n) is 2.40.